The predicted molar refractivity (Wildman–Crippen MR) is 130 cm³/mol. The molecule has 0 bridgehead atoms. The van der Waals surface area contributed by atoms with Gasteiger partial charge < -0.3 is 20.1 Å². The summed E-state index contributed by atoms with van der Waals surface area (Å²) in [7, 11) is 0. The molecule has 0 spiro atoms. The number of anilines is 1. The number of ether oxygens (including phenoxy) is 2. The van der Waals surface area contributed by atoms with Crippen LogP contribution in [0.3, 0.4) is 0 Å². The third-order valence-electron chi connectivity index (χ3n) is 4.61. The molecule has 172 valence electrons. The first kappa shape index (κ1) is 24.2. The number of nitrogens with zero attached hydrogens (tertiary/aromatic N) is 1. The Kier molecular flexibility index (Phi) is 8.79. The van der Waals surface area contributed by atoms with Crippen LogP contribution in [0.1, 0.15) is 11.1 Å². The van der Waals surface area contributed by atoms with Gasteiger partial charge in [-0.15, -0.1) is 0 Å². The molecule has 0 aliphatic heterocycles. The predicted octanol–water partition coefficient (Wildman–Crippen LogP) is 5.45. The van der Waals surface area contributed by atoms with Crippen LogP contribution in [0.5, 0.6) is 5.75 Å². The Labute approximate surface area is 200 Å². The van der Waals surface area contributed by atoms with E-state index in [9.17, 15) is 14.9 Å². The Balaban J connectivity index is 1.61. The molecule has 0 aliphatic rings. The Hall–Kier alpha value is -3.43. The van der Waals surface area contributed by atoms with Crippen LogP contribution >= 0.6 is 15.9 Å². The van der Waals surface area contributed by atoms with Crippen LogP contribution in [-0.2, 0) is 11.3 Å². The Morgan fingerprint density at radius 3 is 2.61 bits per heavy atom. The molecule has 33 heavy (non-hydrogen) atoms. The van der Waals surface area contributed by atoms with Gasteiger partial charge in [0, 0.05) is 16.6 Å². The van der Waals surface area contributed by atoms with Gasteiger partial charge in [-0.3, -0.25) is 10.1 Å². The Bertz CT molecular complexity index is 1110. The minimum Gasteiger partial charge on any atom is -0.491 e. The standard InChI is InChI=1S/C24H24BrN3O5/c1-17-6-4-9-21(12-17)33-16-19(26-24(29)27-23-11-3-2-10-22(23)25)15-32-14-18-7-5-8-20(13-18)28(30)31/h2-13,19H,14-16H2,1H3,(H2,26,27,29)/t19-/m0/s1. The molecule has 8 nitrogen and oxygen atoms in total. The molecule has 0 aromatic heterocycles. The zero-order valence-corrected chi connectivity index (χ0v) is 19.6. The van der Waals surface area contributed by atoms with E-state index >= 15 is 0 Å². The third-order valence-corrected chi connectivity index (χ3v) is 5.30. The van der Waals surface area contributed by atoms with E-state index in [0.29, 0.717) is 17.0 Å². The van der Waals surface area contributed by atoms with Crippen molar-refractivity contribution in [1.29, 1.82) is 0 Å². The largest absolute Gasteiger partial charge is 0.491 e. The average Bonchev–Trinajstić information content (AvgIpc) is 2.79. The summed E-state index contributed by atoms with van der Waals surface area (Å²) in [6.07, 6.45) is 0. The molecule has 2 amide bonds. The van der Waals surface area contributed by atoms with Crippen molar-refractivity contribution in [3.05, 3.63) is 98.5 Å². The molecule has 3 rings (SSSR count). The van der Waals surface area contributed by atoms with Gasteiger partial charge >= 0.3 is 6.03 Å². The summed E-state index contributed by atoms with van der Waals surface area (Å²) in [5.74, 6) is 0.687. The van der Waals surface area contributed by atoms with E-state index in [1.54, 1.807) is 18.2 Å². The summed E-state index contributed by atoms with van der Waals surface area (Å²) in [4.78, 5) is 23.1. The van der Waals surface area contributed by atoms with Crippen molar-refractivity contribution < 1.29 is 19.2 Å². The second-order valence-electron chi connectivity index (χ2n) is 7.34. The van der Waals surface area contributed by atoms with Crippen LogP contribution in [0.4, 0.5) is 16.2 Å². The summed E-state index contributed by atoms with van der Waals surface area (Å²) in [5, 5.41) is 16.6. The summed E-state index contributed by atoms with van der Waals surface area (Å²) in [6.45, 7) is 2.46. The summed E-state index contributed by atoms with van der Waals surface area (Å²) in [6, 6.07) is 20.3. The number of halogens is 1. The fourth-order valence-electron chi connectivity index (χ4n) is 3.02. The Morgan fingerprint density at radius 2 is 1.85 bits per heavy atom. The number of amides is 2. The lowest BCUT2D eigenvalue weighted by molar-refractivity contribution is -0.384. The first-order valence-electron chi connectivity index (χ1n) is 10.2. The number of hydrogen-bond acceptors (Lipinski definition) is 5. The van der Waals surface area contributed by atoms with E-state index in [4.69, 9.17) is 9.47 Å². The van der Waals surface area contributed by atoms with Gasteiger partial charge in [-0.2, -0.15) is 0 Å². The van der Waals surface area contributed by atoms with Gasteiger partial charge in [0.1, 0.15) is 12.4 Å². The molecule has 9 heteroatoms. The molecule has 0 heterocycles. The van der Waals surface area contributed by atoms with E-state index in [-0.39, 0.29) is 25.5 Å². The molecular weight excluding hydrogens is 490 g/mol. The van der Waals surface area contributed by atoms with Gasteiger partial charge in [0.05, 0.1) is 29.9 Å². The summed E-state index contributed by atoms with van der Waals surface area (Å²) < 4.78 is 12.4. The molecule has 0 radical (unpaired) electrons. The zero-order chi connectivity index (χ0) is 23.6. The third kappa shape index (κ3) is 7.89. The van der Waals surface area contributed by atoms with Gasteiger partial charge in [-0.05, 0) is 58.2 Å². The maximum atomic E-state index is 12.6. The molecule has 3 aromatic rings. The normalized spacial score (nSPS) is 11.5. The SMILES string of the molecule is Cc1cccc(OC[C@H](COCc2cccc([N+](=O)[O-])c2)NC(=O)Nc2ccccc2Br)c1. The van der Waals surface area contributed by atoms with Crippen molar-refractivity contribution in [3.8, 4) is 5.75 Å². The van der Waals surface area contributed by atoms with Crippen molar-refractivity contribution >= 4 is 33.3 Å². The quantitative estimate of drug-likeness (QED) is 0.277. The van der Waals surface area contributed by atoms with E-state index in [1.807, 2.05) is 49.4 Å². The number of benzene rings is 3. The lowest BCUT2D eigenvalue weighted by Crippen LogP contribution is -2.44. The van der Waals surface area contributed by atoms with Crippen LogP contribution in [0, 0.1) is 17.0 Å². The van der Waals surface area contributed by atoms with Gasteiger partial charge in [0.15, 0.2) is 0 Å². The fourth-order valence-corrected chi connectivity index (χ4v) is 3.40. The second-order valence-corrected chi connectivity index (χ2v) is 8.20. The van der Waals surface area contributed by atoms with Crippen LogP contribution in [0.15, 0.2) is 77.3 Å². The van der Waals surface area contributed by atoms with Crippen molar-refractivity contribution in [3.63, 3.8) is 0 Å². The molecule has 0 aliphatic carbocycles. The first-order valence-corrected chi connectivity index (χ1v) is 11.0. The molecular formula is C24H24BrN3O5. The van der Waals surface area contributed by atoms with Gasteiger partial charge in [-0.25, -0.2) is 4.79 Å². The van der Waals surface area contributed by atoms with Gasteiger partial charge in [-0.1, -0.05) is 36.4 Å². The number of para-hydroxylation sites is 1. The smallest absolute Gasteiger partial charge is 0.319 e. The summed E-state index contributed by atoms with van der Waals surface area (Å²) >= 11 is 3.40. The number of urea groups is 1. The van der Waals surface area contributed by atoms with Gasteiger partial charge in [0.25, 0.3) is 5.69 Å². The van der Waals surface area contributed by atoms with Crippen LogP contribution < -0.4 is 15.4 Å². The lowest BCUT2D eigenvalue weighted by Gasteiger charge is -2.20. The molecule has 0 fully saturated rings. The second kappa shape index (κ2) is 12.0. The van der Waals surface area contributed by atoms with Crippen LogP contribution in [0.2, 0.25) is 0 Å². The van der Waals surface area contributed by atoms with Crippen molar-refractivity contribution in [2.24, 2.45) is 0 Å². The van der Waals surface area contributed by atoms with E-state index in [1.165, 1.54) is 12.1 Å². The maximum absolute atomic E-state index is 12.6. The lowest BCUT2D eigenvalue weighted by atomic mass is 10.2. The number of carbonyl (C=O) groups excluding carboxylic acids is 1. The number of nitro groups is 1. The van der Waals surface area contributed by atoms with E-state index in [0.717, 1.165) is 10.0 Å². The van der Waals surface area contributed by atoms with E-state index in [2.05, 4.69) is 26.6 Å². The highest BCUT2D eigenvalue weighted by atomic mass is 79.9. The number of non-ortho nitro benzene ring substituents is 1. The number of nitrogens with one attached hydrogen (secondary N) is 2. The van der Waals surface area contributed by atoms with Crippen molar-refractivity contribution in [2.45, 2.75) is 19.6 Å². The monoisotopic (exact) mass is 513 g/mol. The number of carbonyl (C=O) groups is 1. The highest BCUT2D eigenvalue weighted by Gasteiger charge is 2.15. The molecule has 0 unspecified atom stereocenters. The fraction of sp³-hybridized carbons (Fsp3) is 0.208. The number of rotatable bonds is 10. The highest BCUT2D eigenvalue weighted by molar-refractivity contribution is 9.10. The minimum atomic E-state index is -0.466. The molecule has 0 saturated carbocycles. The molecule has 2 N–H and O–H groups in total. The Morgan fingerprint density at radius 1 is 1.06 bits per heavy atom. The molecule has 3 aromatic carbocycles. The summed E-state index contributed by atoms with van der Waals surface area (Å²) in [5.41, 5.74) is 2.36. The zero-order valence-electron chi connectivity index (χ0n) is 18.0. The van der Waals surface area contributed by atoms with Crippen LogP contribution in [0.25, 0.3) is 0 Å². The maximum Gasteiger partial charge on any atom is 0.319 e. The highest BCUT2D eigenvalue weighted by Crippen LogP contribution is 2.21. The number of nitro benzene ring substituents is 1. The minimum absolute atomic E-state index is 0.00127. The van der Waals surface area contributed by atoms with Crippen molar-refractivity contribution in [2.75, 3.05) is 18.5 Å². The van der Waals surface area contributed by atoms with Crippen LogP contribution in [-0.4, -0.2) is 30.2 Å². The average molecular weight is 514 g/mol. The first-order chi connectivity index (χ1) is 15.9. The van der Waals surface area contributed by atoms with E-state index < -0.39 is 17.0 Å². The van der Waals surface area contributed by atoms with Gasteiger partial charge in [0.2, 0.25) is 0 Å². The topological polar surface area (TPSA) is 103 Å². The molecule has 0 saturated heterocycles. The molecule has 1 atom stereocenters. The van der Waals surface area contributed by atoms with Crippen molar-refractivity contribution in [1.82, 2.24) is 5.32 Å². The number of aryl methyl sites for hydroxylation is 1. The number of hydrogen-bond donors (Lipinski definition) is 2.